The summed E-state index contributed by atoms with van der Waals surface area (Å²) in [6.45, 7) is 0. The maximum Gasteiger partial charge on any atom is 0.416 e. The van der Waals surface area contributed by atoms with E-state index in [0.717, 1.165) is 24.3 Å². The molecule has 0 aromatic heterocycles. The van der Waals surface area contributed by atoms with Gasteiger partial charge in [-0.15, -0.1) is 0 Å². The van der Waals surface area contributed by atoms with E-state index in [0.29, 0.717) is 4.83 Å². The first-order valence-corrected chi connectivity index (χ1v) is 7.17. The number of hydrogen-bond donors (Lipinski definition) is 0. The molecule has 100 valence electrons. The summed E-state index contributed by atoms with van der Waals surface area (Å²) in [5.41, 5.74) is 0.389. The molecule has 1 unspecified atom stereocenters. The van der Waals surface area contributed by atoms with Crippen LogP contribution in [0.5, 0.6) is 0 Å². The average Bonchev–Trinajstić information content (AvgIpc) is 2.23. The van der Waals surface area contributed by atoms with Crippen LogP contribution in [0.15, 0.2) is 24.3 Å². The molecule has 1 saturated carbocycles. The second-order valence-electron chi connectivity index (χ2n) is 5.03. The molecule has 18 heavy (non-hydrogen) atoms. The summed E-state index contributed by atoms with van der Waals surface area (Å²) in [6.07, 6.45) is 1.61. The zero-order valence-corrected chi connectivity index (χ0v) is 11.6. The minimum absolute atomic E-state index is 0.375. The van der Waals surface area contributed by atoms with Crippen molar-refractivity contribution in [2.24, 2.45) is 5.92 Å². The van der Waals surface area contributed by atoms with Crippen molar-refractivity contribution in [2.45, 2.75) is 43.1 Å². The standard InChI is InChI=1S/C14H16BrF3/c15-13(8-10-2-1-3-10)9-11-4-6-12(7-5-11)14(16,17)18/h4-7,10,13H,1-3,8-9H2. The maximum atomic E-state index is 12.4. The number of benzene rings is 1. The Kier molecular flexibility index (Phi) is 4.36. The van der Waals surface area contributed by atoms with Crippen LogP contribution >= 0.6 is 15.9 Å². The van der Waals surface area contributed by atoms with E-state index in [-0.39, 0.29) is 0 Å². The maximum absolute atomic E-state index is 12.4. The van der Waals surface area contributed by atoms with Gasteiger partial charge in [0.05, 0.1) is 5.56 Å². The van der Waals surface area contributed by atoms with Crippen LogP contribution in [0.1, 0.15) is 36.8 Å². The van der Waals surface area contributed by atoms with Crippen LogP contribution in [-0.2, 0) is 12.6 Å². The molecule has 0 nitrogen and oxygen atoms in total. The van der Waals surface area contributed by atoms with Gasteiger partial charge in [-0.05, 0) is 36.5 Å². The minimum Gasteiger partial charge on any atom is -0.166 e. The van der Waals surface area contributed by atoms with E-state index in [1.54, 1.807) is 12.1 Å². The quantitative estimate of drug-likeness (QED) is 0.669. The van der Waals surface area contributed by atoms with Crippen LogP contribution in [0.25, 0.3) is 0 Å². The molecule has 1 fully saturated rings. The summed E-state index contributed by atoms with van der Waals surface area (Å²) in [5.74, 6) is 0.809. The number of rotatable bonds is 4. The van der Waals surface area contributed by atoms with Gasteiger partial charge in [0, 0.05) is 4.83 Å². The van der Waals surface area contributed by atoms with E-state index in [9.17, 15) is 13.2 Å². The Labute approximate surface area is 114 Å². The largest absolute Gasteiger partial charge is 0.416 e. The number of hydrogen-bond acceptors (Lipinski definition) is 0. The summed E-state index contributed by atoms with van der Waals surface area (Å²) in [4.78, 5) is 0.375. The molecule has 1 aliphatic carbocycles. The third-order valence-corrected chi connectivity index (χ3v) is 4.25. The molecule has 0 radical (unpaired) electrons. The van der Waals surface area contributed by atoms with Gasteiger partial charge in [-0.2, -0.15) is 13.2 Å². The van der Waals surface area contributed by atoms with Gasteiger partial charge < -0.3 is 0 Å². The molecule has 0 saturated heterocycles. The lowest BCUT2D eigenvalue weighted by Gasteiger charge is -2.27. The Hall–Kier alpha value is -0.510. The topological polar surface area (TPSA) is 0 Å². The molecule has 0 amide bonds. The van der Waals surface area contributed by atoms with E-state index in [2.05, 4.69) is 15.9 Å². The van der Waals surface area contributed by atoms with E-state index < -0.39 is 11.7 Å². The third-order valence-electron chi connectivity index (χ3n) is 3.55. The number of alkyl halides is 4. The SMILES string of the molecule is FC(F)(F)c1ccc(CC(Br)CC2CCC2)cc1. The second-order valence-corrected chi connectivity index (χ2v) is 6.32. The Morgan fingerprint density at radius 3 is 2.22 bits per heavy atom. The molecule has 1 aromatic carbocycles. The van der Waals surface area contributed by atoms with Crippen molar-refractivity contribution >= 4 is 15.9 Å². The van der Waals surface area contributed by atoms with Crippen molar-refractivity contribution in [3.05, 3.63) is 35.4 Å². The Morgan fingerprint density at radius 2 is 1.78 bits per heavy atom. The number of halogens is 4. The highest BCUT2D eigenvalue weighted by atomic mass is 79.9. The normalized spacial score (nSPS) is 18.4. The molecule has 1 aromatic rings. The molecule has 0 spiro atoms. The van der Waals surface area contributed by atoms with Crippen LogP contribution in [-0.4, -0.2) is 4.83 Å². The summed E-state index contributed by atoms with van der Waals surface area (Å²) >= 11 is 3.63. The summed E-state index contributed by atoms with van der Waals surface area (Å²) in [7, 11) is 0. The molecule has 1 atom stereocenters. The van der Waals surface area contributed by atoms with Gasteiger partial charge in [-0.25, -0.2) is 0 Å². The molecule has 0 aliphatic heterocycles. The molecule has 1 aliphatic rings. The Balaban J connectivity index is 1.89. The van der Waals surface area contributed by atoms with Crippen molar-refractivity contribution in [1.82, 2.24) is 0 Å². The predicted octanol–water partition coefficient (Wildman–Crippen LogP) is 5.20. The van der Waals surface area contributed by atoms with Crippen LogP contribution in [0.3, 0.4) is 0 Å². The summed E-state index contributed by atoms with van der Waals surface area (Å²) < 4.78 is 37.2. The van der Waals surface area contributed by atoms with Gasteiger partial charge in [0.25, 0.3) is 0 Å². The lowest BCUT2D eigenvalue weighted by atomic mass is 9.81. The van der Waals surface area contributed by atoms with Gasteiger partial charge in [-0.1, -0.05) is 47.3 Å². The Bertz CT molecular complexity index is 379. The zero-order chi connectivity index (χ0) is 13.2. The molecule has 0 heterocycles. The fourth-order valence-corrected chi connectivity index (χ4v) is 3.16. The van der Waals surface area contributed by atoms with Crippen molar-refractivity contribution in [2.75, 3.05) is 0 Å². The summed E-state index contributed by atoms with van der Waals surface area (Å²) in [6, 6.07) is 5.49. The fourth-order valence-electron chi connectivity index (χ4n) is 2.26. The zero-order valence-electron chi connectivity index (χ0n) is 10.0. The second kappa shape index (κ2) is 5.64. The van der Waals surface area contributed by atoms with Gasteiger partial charge in [0.1, 0.15) is 0 Å². The smallest absolute Gasteiger partial charge is 0.166 e. The first kappa shape index (κ1) is 13.9. The third kappa shape index (κ3) is 3.74. The van der Waals surface area contributed by atoms with Gasteiger partial charge in [0.2, 0.25) is 0 Å². The van der Waals surface area contributed by atoms with Crippen LogP contribution < -0.4 is 0 Å². The highest BCUT2D eigenvalue weighted by Crippen LogP contribution is 2.33. The molecular weight excluding hydrogens is 305 g/mol. The average molecular weight is 321 g/mol. The first-order chi connectivity index (χ1) is 8.45. The van der Waals surface area contributed by atoms with Crippen LogP contribution in [0, 0.1) is 5.92 Å². The highest BCUT2D eigenvalue weighted by Gasteiger charge is 2.30. The predicted molar refractivity (Wildman–Crippen MR) is 69.8 cm³/mol. The van der Waals surface area contributed by atoms with Crippen molar-refractivity contribution < 1.29 is 13.2 Å². The van der Waals surface area contributed by atoms with Crippen molar-refractivity contribution in [1.29, 1.82) is 0 Å². The molecule has 0 bridgehead atoms. The molecule has 2 rings (SSSR count). The fraction of sp³-hybridized carbons (Fsp3) is 0.571. The van der Waals surface area contributed by atoms with Crippen molar-refractivity contribution in [3.63, 3.8) is 0 Å². The van der Waals surface area contributed by atoms with E-state index in [1.165, 1.54) is 31.4 Å². The van der Waals surface area contributed by atoms with E-state index >= 15 is 0 Å². The van der Waals surface area contributed by atoms with Crippen LogP contribution in [0.2, 0.25) is 0 Å². The van der Waals surface area contributed by atoms with Gasteiger partial charge in [-0.3, -0.25) is 0 Å². The Morgan fingerprint density at radius 1 is 1.17 bits per heavy atom. The highest BCUT2D eigenvalue weighted by molar-refractivity contribution is 9.09. The minimum atomic E-state index is -4.24. The van der Waals surface area contributed by atoms with E-state index in [4.69, 9.17) is 0 Å². The van der Waals surface area contributed by atoms with E-state index in [1.807, 2.05) is 0 Å². The lowest BCUT2D eigenvalue weighted by molar-refractivity contribution is -0.137. The molecule has 0 N–H and O–H groups in total. The molecule has 4 heteroatoms. The first-order valence-electron chi connectivity index (χ1n) is 6.25. The van der Waals surface area contributed by atoms with Gasteiger partial charge in [0.15, 0.2) is 0 Å². The summed E-state index contributed by atoms with van der Waals surface area (Å²) in [5, 5.41) is 0. The van der Waals surface area contributed by atoms with Gasteiger partial charge >= 0.3 is 6.18 Å². The molecular formula is C14H16BrF3. The van der Waals surface area contributed by atoms with Crippen LogP contribution in [0.4, 0.5) is 13.2 Å². The lowest BCUT2D eigenvalue weighted by Crippen LogP contribution is -2.17. The van der Waals surface area contributed by atoms with Crippen molar-refractivity contribution in [3.8, 4) is 0 Å². The monoisotopic (exact) mass is 320 g/mol.